The summed E-state index contributed by atoms with van der Waals surface area (Å²) in [4.78, 5) is 16.3. The number of nitrogens with one attached hydrogen (secondary N) is 1. The Morgan fingerprint density at radius 1 is 1.15 bits per heavy atom. The van der Waals surface area contributed by atoms with Crippen LogP contribution < -0.4 is 4.72 Å². The van der Waals surface area contributed by atoms with Crippen molar-refractivity contribution in [2.24, 2.45) is 0 Å². The zero-order valence-electron chi connectivity index (χ0n) is 13.7. The predicted molar refractivity (Wildman–Crippen MR) is 103 cm³/mol. The predicted octanol–water partition coefficient (Wildman–Crippen LogP) is 3.56. The highest BCUT2D eigenvalue weighted by Crippen LogP contribution is 2.24. The van der Waals surface area contributed by atoms with E-state index in [0.29, 0.717) is 5.69 Å². The lowest BCUT2D eigenvalue weighted by Gasteiger charge is -2.09. The molecule has 0 amide bonds. The number of carboxylic acids is 1. The summed E-state index contributed by atoms with van der Waals surface area (Å²) < 4.78 is 29.4. The second kappa shape index (κ2) is 6.53. The normalized spacial score (nSPS) is 11.6. The Kier molecular flexibility index (Phi) is 4.17. The minimum absolute atomic E-state index is 0.0898. The van der Waals surface area contributed by atoms with Gasteiger partial charge >= 0.3 is 5.97 Å². The number of anilines is 1. The van der Waals surface area contributed by atoms with Crippen LogP contribution in [-0.2, 0) is 10.0 Å². The van der Waals surface area contributed by atoms with E-state index in [1.807, 2.05) is 22.2 Å². The number of carbonyl (C=O) groups is 1. The topological polar surface area (TPSA) is 101 Å². The average molecular weight is 399 g/mol. The molecular weight excluding hydrogens is 386 g/mol. The van der Waals surface area contributed by atoms with Crippen LogP contribution in [0.15, 0.2) is 71.2 Å². The third-order valence-corrected chi connectivity index (χ3v) is 6.07. The van der Waals surface area contributed by atoms with Gasteiger partial charge in [0, 0.05) is 29.0 Å². The van der Waals surface area contributed by atoms with Gasteiger partial charge in [-0.05, 0) is 30.3 Å². The summed E-state index contributed by atoms with van der Waals surface area (Å²) in [7, 11) is -3.89. The van der Waals surface area contributed by atoms with Crippen molar-refractivity contribution in [3.63, 3.8) is 0 Å². The fraction of sp³-hybridized carbons (Fsp3) is 0. The summed E-state index contributed by atoms with van der Waals surface area (Å²) in [6, 6.07) is 12.0. The molecule has 0 saturated heterocycles. The monoisotopic (exact) mass is 399 g/mol. The molecule has 0 unspecified atom stereocenters. The van der Waals surface area contributed by atoms with Gasteiger partial charge in [-0.2, -0.15) is 0 Å². The lowest BCUT2D eigenvalue weighted by atomic mass is 10.1. The minimum Gasteiger partial charge on any atom is -0.478 e. The summed E-state index contributed by atoms with van der Waals surface area (Å²) in [5.74, 6) is -1.18. The summed E-state index contributed by atoms with van der Waals surface area (Å²) >= 11 is 1.53. The number of fused-ring (bicyclic) bond motifs is 1. The van der Waals surface area contributed by atoms with Crippen LogP contribution in [0, 0.1) is 0 Å². The number of carboxylic acid groups (broad SMARTS) is 1. The molecule has 2 heterocycles. The lowest BCUT2D eigenvalue weighted by Crippen LogP contribution is -2.13. The van der Waals surface area contributed by atoms with Gasteiger partial charge in [-0.15, -0.1) is 11.3 Å². The largest absolute Gasteiger partial charge is 0.478 e. The number of hydrogen-bond acceptors (Lipinski definition) is 5. The molecular formula is C18H13N3O4S2. The molecule has 4 aromatic rings. The second-order valence-corrected chi connectivity index (χ2v) is 8.29. The number of aromatic nitrogens is 2. The van der Waals surface area contributed by atoms with Gasteiger partial charge in [0.15, 0.2) is 4.96 Å². The van der Waals surface area contributed by atoms with E-state index in [1.54, 1.807) is 24.3 Å². The van der Waals surface area contributed by atoms with Crippen molar-refractivity contribution in [2.75, 3.05) is 4.72 Å². The summed E-state index contributed by atoms with van der Waals surface area (Å²) in [6.45, 7) is 0. The second-order valence-electron chi connectivity index (χ2n) is 5.73. The van der Waals surface area contributed by atoms with Crippen molar-refractivity contribution in [2.45, 2.75) is 4.90 Å². The summed E-state index contributed by atoms with van der Waals surface area (Å²) in [5, 5.41) is 11.0. The molecule has 9 heteroatoms. The zero-order chi connectivity index (χ0) is 19.0. The maximum Gasteiger partial charge on any atom is 0.335 e. The Hall–Kier alpha value is -3.17. The molecule has 0 saturated carbocycles. The van der Waals surface area contributed by atoms with Crippen molar-refractivity contribution in [3.05, 3.63) is 71.9 Å². The van der Waals surface area contributed by atoms with Crippen molar-refractivity contribution in [1.29, 1.82) is 0 Å². The number of aromatic carboxylic acids is 1. The van der Waals surface area contributed by atoms with Crippen LogP contribution >= 0.6 is 11.3 Å². The number of hydrogen-bond donors (Lipinski definition) is 2. The molecule has 2 aromatic heterocycles. The quantitative estimate of drug-likeness (QED) is 0.534. The smallest absolute Gasteiger partial charge is 0.335 e. The van der Waals surface area contributed by atoms with E-state index in [1.165, 1.54) is 29.5 Å². The number of benzene rings is 2. The van der Waals surface area contributed by atoms with E-state index in [4.69, 9.17) is 5.11 Å². The molecule has 0 bridgehead atoms. The maximum atomic E-state index is 12.5. The van der Waals surface area contributed by atoms with Crippen LogP contribution in [0.4, 0.5) is 5.69 Å². The molecule has 4 rings (SSSR count). The molecule has 0 radical (unpaired) electrons. The van der Waals surface area contributed by atoms with Gasteiger partial charge < -0.3 is 5.11 Å². The van der Waals surface area contributed by atoms with Crippen molar-refractivity contribution >= 4 is 38.0 Å². The number of thiazole rings is 1. The molecule has 0 spiro atoms. The number of rotatable bonds is 5. The van der Waals surface area contributed by atoms with E-state index < -0.39 is 16.0 Å². The van der Waals surface area contributed by atoms with E-state index in [9.17, 15) is 13.2 Å². The van der Waals surface area contributed by atoms with Gasteiger partial charge in [0.2, 0.25) is 0 Å². The third kappa shape index (κ3) is 3.42. The van der Waals surface area contributed by atoms with Gasteiger partial charge in [0.05, 0.1) is 16.2 Å². The lowest BCUT2D eigenvalue weighted by molar-refractivity contribution is 0.0696. The first-order chi connectivity index (χ1) is 12.9. The molecule has 136 valence electrons. The van der Waals surface area contributed by atoms with Crippen LogP contribution in [0.2, 0.25) is 0 Å². The Labute approximate surface area is 158 Å². The highest BCUT2D eigenvalue weighted by atomic mass is 32.2. The van der Waals surface area contributed by atoms with Crippen LogP contribution in [0.5, 0.6) is 0 Å². The van der Waals surface area contributed by atoms with Crippen LogP contribution in [-0.4, -0.2) is 28.9 Å². The fourth-order valence-corrected chi connectivity index (χ4v) is 4.39. The highest BCUT2D eigenvalue weighted by Gasteiger charge is 2.16. The molecule has 2 N–H and O–H groups in total. The van der Waals surface area contributed by atoms with Gasteiger partial charge in [-0.1, -0.05) is 18.2 Å². The molecule has 0 fully saturated rings. The number of sulfonamides is 1. The van der Waals surface area contributed by atoms with E-state index in [0.717, 1.165) is 22.3 Å². The van der Waals surface area contributed by atoms with E-state index >= 15 is 0 Å². The van der Waals surface area contributed by atoms with Crippen molar-refractivity contribution in [3.8, 4) is 11.3 Å². The molecule has 0 aliphatic heterocycles. The molecule has 2 aromatic carbocycles. The number of nitrogens with zero attached hydrogens (tertiary/aromatic N) is 2. The SMILES string of the molecule is O=C(O)c1cccc(S(=O)(=O)Nc2ccc(-c3cn4ccsc4n3)cc2)c1. The van der Waals surface area contributed by atoms with Crippen molar-refractivity contribution < 1.29 is 18.3 Å². The molecule has 7 nitrogen and oxygen atoms in total. The minimum atomic E-state index is -3.89. The molecule has 0 atom stereocenters. The third-order valence-electron chi connectivity index (χ3n) is 3.92. The Balaban J connectivity index is 1.58. The fourth-order valence-electron chi connectivity index (χ4n) is 2.59. The standard InChI is InChI=1S/C18H13N3O4S2/c22-17(23)13-2-1-3-15(10-13)27(24,25)20-14-6-4-12(5-7-14)16-11-21-8-9-26-18(21)19-16/h1-11,20H,(H,22,23). The van der Waals surface area contributed by atoms with E-state index in [2.05, 4.69) is 9.71 Å². The Bertz CT molecular complexity index is 1210. The van der Waals surface area contributed by atoms with Crippen LogP contribution in [0.3, 0.4) is 0 Å². The summed E-state index contributed by atoms with van der Waals surface area (Å²) in [6.07, 6.45) is 3.83. The highest BCUT2D eigenvalue weighted by molar-refractivity contribution is 7.92. The van der Waals surface area contributed by atoms with Crippen LogP contribution in [0.25, 0.3) is 16.2 Å². The van der Waals surface area contributed by atoms with Crippen LogP contribution in [0.1, 0.15) is 10.4 Å². The first-order valence-corrected chi connectivity index (χ1v) is 10.2. The Morgan fingerprint density at radius 3 is 2.63 bits per heavy atom. The van der Waals surface area contributed by atoms with Crippen molar-refractivity contribution in [1.82, 2.24) is 9.38 Å². The number of imidazole rings is 1. The maximum absolute atomic E-state index is 12.5. The first kappa shape index (κ1) is 17.3. The van der Waals surface area contributed by atoms with Gasteiger partial charge in [-0.3, -0.25) is 9.12 Å². The van der Waals surface area contributed by atoms with E-state index in [-0.39, 0.29) is 10.5 Å². The first-order valence-electron chi connectivity index (χ1n) is 7.81. The van der Waals surface area contributed by atoms with Gasteiger partial charge in [0.25, 0.3) is 10.0 Å². The molecule has 0 aliphatic rings. The molecule has 0 aliphatic carbocycles. The van der Waals surface area contributed by atoms with Gasteiger partial charge in [0.1, 0.15) is 0 Å². The molecule has 27 heavy (non-hydrogen) atoms. The van der Waals surface area contributed by atoms with Gasteiger partial charge in [-0.25, -0.2) is 18.2 Å². The average Bonchev–Trinajstić information content (AvgIpc) is 3.24. The zero-order valence-corrected chi connectivity index (χ0v) is 15.4. The summed E-state index contributed by atoms with van der Waals surface area (Å²) in [5.41, 5.74) is 1.95. The Morgan fingerprint density at radius 2 is 1.93 bits per heavy atom.